The van der Waals surface area contributed by atoms with Crippen molar-refractivity contribution >= 4 is 23.3 Å². The molecule has 8 aliphatic rings. The molecular formula is C57H67N5S. The Balaban J connectivity index is 1.14. The molecule has 0 bridgehead atoms. The van der Waals surface area contributed by atoms with Gasteiger partial charge in [-0.15, -0.1) is 11.8 Å². The Morgan fingerprint density at radius 2 is 1.92 bits per heavy atom. The van der Waals surface area contributed by atoms with Crippen LogP contribution >= 0.6 is 11.8 Å². The van der Waals surface area contributed by atoms with Crippen LogP contribution in [0.25, 0.3) is 0 Å². The Morgan fingerprint density at radius 3 is 2.73 bits per heavy atom. The Hall–Kier alpha value is -5.01. The summed E-state index contributed by atoms with van der Waals surface area (Å²) in [4.78, 5) is 12.4. The van der Waals surface area contributed by atoms with Crippen molar-refractivity contribution < 1.29 is 0 Å². The molecular weight excluding hydrogens is 787 g/mol. The first-order chi connectivity index (χ1) is 30.5. The van der Waals surface area contributed by atoms with Crippen molar-refractivity contribution in [2.75, 3.05) is 6.54 Å². The Labute approximate surface area is 382 Å². The number of allylic oxidation sites excluding steroid dienone is 25. The number of aliphatic imine (C=N–C) groups is 2. The topological polar surface area (TPSA) is 74.8 Å². The minimum atomic E-state index is -0.799. The summed E-state index contributed by atoms with van der Waals surface area (Å²) >= 11 is 2.01. The molecule has 6 aliphatic carbocycles. The summed E-state index contributed by atoms with van der Waals surface area (Å²) in [6.45, 7) is 16.4. The van der Waals surface area contributed by atoms with Crippen LogP contribution in [0.15, 0.2) is 212 Å². The van der Waals surface area contributed by atoms with Crippen LogP contribution < -0.4 is 16.4 Å². The van der Waals surface area contributed by atoms with Gasteiger partial charge in [0, 0.05) is 34.6 Å². The van der Waals surface area contributed by atoms with E-state index in [0.29, 0.717) is 17.1 Å². The fourth-order valence-electron chi connectivity index (χ4n) is 9.80. The van der Waals surface area contributed by atoms with Crippen molar-refractivity contribution in [3.63, 3.8) is 0 Å². The molecule has 2 heterocycles. The van der Waals surface area contributed by atoms with E-state index >= 15 is 0 Å². The molecule has 326 valence electrons. The summed E-state index contributed by atoms with van der Waals surface area (Å²) in [7, 11) is 0. The van der Waals surface area contributed by atoms with Gasteiger partial charge >= 0.3 is 0 Å². The van der Waals surface area contributed by atoms with E-state index in [4.69, 9.17) is 22.3 Å². The van der Waals surface area contributed by atoms with Crippen LogP contribution in [0.1, 0.15) is 79.6 Å². The maximum absolute atomic E-state index is 7.17. The van der Waals surface area contributed by atoms with Gasteiger partial charge in [-0.2, -0.15) is 0 Å². The number of nitrogens with zero attached hydrogens (tertiary/aromatic N) is 2. The van der Waals surface area contributed by atoms with E-state index in [2.05, 4.69) is 191 Å². The van der Waals surface area contributed by atoms with Gasteiger partial charge in [0.1, 0.15) is 17.7 Å². The first-order valence-corrected chi connectivity index (χ1v) is 24.2. The van der Waals surface area contributed by atoms with Crippen LogP contribution in [-0.2, 0) is 0 Å². The molecule has 0 spiro atoms. The number of hydrogen-bond donors (Lipinski definition) is 3. The highest BCUT2D eigenvalue weighted by atomic mass is 32.2. The highest BCUT2D eigenvalue weighted by molar-refractivity contribution is 8.04. The van der Waals surface area contributed by atoms with E-state index in [0.717, 1.165) is 79.8 Å². The largest absolute Gasteiger partial charge is 0.371 e. The third-order valence-electron chi connectivity index (χ3n) is 13.4. The van der Waals surface area contributed by atoms with E-state index in [-0.39, 0.29) is 23.5 Å². The highest BCUT2D eigenvalue weighted by Gasteiger charge is 2.36. The summed E-state index contributed by atoms with van der Waals surface area (Å²) in [6.07, 6.45) is 60.8. The van der Waals surface area contributed by atoms with Crippen molar-refractivity contribution in [3.05, 3.63) is 202 Å². The average molecular weight is 854 g/mol. The standard InChI is InChI=1S/C57H67N5S/c1-7-18-46(54-60-51(43-20-10-8-11-21-43)38-59-55(61-54)56(5)32-17-16-19-40(3)37-56)34-41(4)44-22-14-15-23-45(36-44)50(62-57(6,58)47-24-12-9-13-25-47)29-27-42-28-31-53-49(35-42)48-33-39(2)26-30-52(48)63-53/h7-10,12-13,16-20,23-24,27-37,39,47,49,51,53-54,60H,4,11,14-15,21-22,25-26,38,58H2,1-3,5-6H3,(H,59,61)/b18-7-,29-27+,46-34+,62-50+/t39-,47?,49?,51?,53?,54?,56?,57?/m0/s1. The van der Waals surface area contributed by atoms with Crippen molar-refractivity contribution in [2.45, 2.75) is 103 Å². The minimum absolute atomic E-state index is 0.0974. The molecule has 8 atom stereocenters. The molecule has 0 amide bonds. The molecule has 0 saturated carbocycles. The van der Waals surface area contributed by atoms with E-state index in [9.17, 15) is 0 Å². The van der Waals surface area contributed by atoms with Crippen LogP contribution in [0.4, 0.5) is 0 Å². The number of rotatable bonds is 11. The van der Waals surface area contributed by atoms with E-state index < -0.39 is 5.66 Å². The lowest BCUT2D eigenvalue weighted by molar-refractivity contribution is 0.366. The van der Waals surface area contributed by atoms with Gasteiger partial charge in [0.2, 0.25) is 0 Å². The zero-order chi connectivity index (χ0) is 44.0. The van der Waals surface area contributed by atoms with E-state index in [1.165, 1.54) is 32.8 Å². The maximum atomic E-state index is 7.17. The second-order valence-corrected chi connectivity index (χ2v) is 19.9. The molecule has 2 aliphatic heterocycles. The predicted octanol–water partition coefficient (Wildman–Crippen LogP) is 12.6. The van der Waals surface area contributed by atoms with Crippen LogP contribution in [0.2, 0.25) is 0 Å². The quantitative estimate of drug-likeness (QED) is 0.143. The average Bonchev–Trinajstić information content (AvgIpc) is 3.53. The fraction of sp³-hybridized carbons (Fsp3) is 0.368. The summed E-state index contributed by atoms with van der Waals surface area (Å²) in [5.74, 6) is 2.04. The predicted molar refractivity (Wildman–Crippen MR) is 272 cm³/mol. The number of fused-ring (bicyclic) bond motifs is 3. The molecule has 0 radical (unpaired) electrons. The molecule has 0 aromatic heterocycles. The molecule has 0 aromatic carbocycles. The van der Waals surface area contributed by atoms with Gasteiger partial charge in [0.15, 0.2) is 0 Å². The van der Waals surface area contributed by atoms with Crippen LogP contribution in [0.5, 0.6) is 0 Å². The van der Waals surface area contributed by atoms with Gasteiger partial charge in [-0.3, -0.25) is 10.3 Å². The molecule has 6 heteroatoms. The lowest BCUT2D eigenvalue weighted by atomic mass is 9.84. The molecule has 7 unspecified atom stereocenters. The molecule has 4 N–H and O–H groups in total. The van der Waals surface area contributed by atoms with E-state index in [1.54, 1.807) is 0 Å². The third kappa shape index (κ3) is 10.7. The monoisotopic (exact) mass is 854 g/mol. The first-order valence-electron chi connectivity index (χ1n) is 23.3. The van der Waals surface area contributed by atoms with Crippen LogP contribution in [0.3, 0.4) is 0 Å². The van der Waals surface area contributed by atoms with Gasteiger partial charge in [-0.1, -0.05) is 152 Å². The van der Waals surface area contributed by atoms with Gasteiger partial charge < -0.3 is 11.1 Å². The zero-order valence-electron chi connectivity index (χ0n) is 38.1. The third-order valence-corrected chi connectivity index (χ3v) is 14.8. The van der Waals surface area contributed by atoms with Crippen molar-refractivity contribution in [3.8, 4) is 0 Å². The lowest BCUT2D eigenvalue weighted by Gasteiger charge is -2.30. The maximum Gasteiger partial charge on any atom is 0.128 e. The Bertz CT molecular complexity index is 2400. The summed E-state index contributed by atoms with van der Waals surface area (Å²) in [6, 6.07) is 0.121. The molecule has 63 heavy (non-hydrogen) atoms. The zero-order valence-corrected chi connectivity index (χ0v) is 38.9. The van der Waals surface area contributed by atoms with Gasteiger partial charge in [0.25, 0.3) is 0 Å². The normalized spacial score (nSPS) is 31.8. The Morgan fingerprint density at radius 1 is 1.03 bits per heavy atom. The number of hydrogen-bond acceptors (Lipinski definition) is 6. The second-order valence-electron chi connectivity index (χ2n) is 18.7. The lowest BCUT2D eigenvalue weighted by Crippen LogP contribution is -2.44. The highest BCUT2D eigenvalue weighted by Crippen LogP contribution is 2.51. The number of thioether (sulfide) groups is 1. The second kappa shape index (κ2) is 19.8. The Kier molecular flexibility index (Phi) is 14.0. The number of amidine groups is 1. The minimum Gasteiger partial charge on any atom is -0.371 e. The van der Waals surface area contributed by atoms with Crippen molar-refractivity contribution in [1.82, 2.24) is 10.6 Å². The number of nitrogens with one attached hydrogen (secondary N) is 2. The van der Waals surface area contributed by atoms with Crippen LogP contribution in [0, 0.1) is 23.2 Å². The molecule has 1 saturated heterocycles. The van der Waals surface area contributed by atoms with Gasteiger partial charge in [0.05, 0.1) is 11.1 Å². The molecule has 5 nitrogen and oxygen atoms in total. The molecule has 1 fully saturated rings. The first kappa shape index (κ1) is 44.6. The molecule has 8 rings (SSSR count). The van der Waals surface area contributed by atoms with Crippen molar-refractivity contribution in [1.29, 1.82) is 0 Å². The summed E-state index contributed by atoms with van der Waals surface area (Å²) in [5, 5.41) is 8.27. The molecule has 0 aromatic rings. The van der Waals surface area contributed by atoms with E-state index in [1.807, 2.05) is 11.8 Å². The smallest absolute Gasteiger partial charge is 0.128 e. The van der Waals surface area contributed by atoms with Crippen LogP contribution in [-0.4, -0.2) is 41.2 Å². The number of nitrogens with two attached hydrogens (primary N) is 1. The summed E-state index contributed by atoms with van der Waals surface area (Å²) < 4.78 is 0. The van der Waals surface area contributed by atoms with Crippen molar-refractivity contribution in [2.24, 2.45) is 38.9 Å². The SMILES string of the molecule is C=C(/C=C(\C=C/C)C1N=C(C2(C)C=CC=CC(C)=C2)NCC(C2=CC=CCC2)N1)C1=CC(C(/C=C/C2=CC3C4=C[C@@H](C)CC=C4SC3C=C2)=N/C(C)(N)C2C=CC=CC2)=CCCC1. The fourth-order valence-corrected chi connectivity index (χ4v) is 11.2. The van der Waals surface area contributed by atoms with Gasteiger partial charge in [-0.05, 0) is 130 Å². The van der Waals surface area contributed by atoms with Gasteiger partial charge in [-0.25, -0.2) is 4.99 Å². The summed E-state index contributed by atoms with van der Waals surface area (Å²) in [5.41, 5.74) is 16.6.